The highest BCUT2D eigenvalue weighted by molar-refractivity contribution is 7.91. The zero-order chi connectivity index (χ0) is 20.4. The summed E-state index contributed by atoms with van der Waals surface area (Å²) in [5, 5.41) is 0.00940. The molecule has 1 saturated heterocycles. The van der Waals surface area contributed by atoms with Gasteiger partial charge < -0.3 is 9.32 Å². The van der Waals surface area contributed by atoms with Crippen molar-refractivity contribution in [1.82, 2.24) is 4.98 Å². The lowest BCUT2D eigenvalue weighted by atomic mass is 9.99. The Bertz CT molecular complexity index is 1070. The van der Waals surface area contributed by atoms with Gasteiger partial charge in [-0.3, -0.25) is 0 Å². The van der Waals surface area contributed by atoms with Gasteiger partial charge in [-0.15, -0.1) is 0 Å². The topological polar surface area (TPSA) is 63.4 Å². The number of rotatable bonds is 5. The summed E-state index contributed by atoms with van der Waals surface area (Å²) < 4.78 is 33.0. The molecule has 1 fully saturated rings. The minimum absolute atomic E-state index is 0.00940. The highest BCUT2D eigenvalue weighted by Gasteiger charge is 2.32. The quantitative estimate of drug-likeness (QED) is 0.594. The van der Waals surface area contributed by atoms with Gasteiger partial charge in [-0.1, -0.05) is 44.2 Å². The molecule has 0 atom stereocenters. The van der Waals surface area contributed by atoms with E-state index in [2.05, 4.69) is 11.9 Å². The second-order valence-corrected chi connectivity index (χ2v) is 9.53. The first-order valence-corrected chi connectivity index (χ1v) is 11.6. The first-order valence-electron chi connectivity index (χ1n) is 10.1. The zero-order valence-corrected chi connectivity index (χ0v) is 17.7. The second kappa shape index (κ2) is 8.03. The lowest BCUT2D eigenvalue weighted by Crippen LogP contribution is -2.33. The number of sulfone groups is 1. The number of hydrogen-bond acceptors (Lipinski definition) is 5. The first kappa shape index (κ1) is 19.7. The standard InChI is InChI=1S/C23H26N2O3S/c1-3-18-9-11-20(12-10-18)29(26,27)22-23(25-15-13-17(2)14-16-25)28-21(24-22)19-7-5-4-6-8-19/h4-12,17H,3,13-16H2,1-2H3. The molecule has 0 amide bonds. The number of piperidine rings is 1. The highest BCUT2D eigenvalue weighted by atomic mass is 32.2. The Morgan fingerprint density at radius 1 is 1.03 bits per heavy atom. The van der Waals surface area contributed by atoms with E-state index in [-0.39, 0.29) is 9.92 Å². The molecule has 0 saturated carbocycles. The normalized spacial score (nSPS) is 15.6. The molecule has 3 aromatic rings. The van der Waals surface area contributed by atoms with Crippen LogP contribution < -0.4 is 4.90 Å². The van der Waals surface area contributed by atoms with Gasteiger partial charge in [0.2, 0.25) is 26.6 Å². The van der Waals surface area contributed by atoms with E-state index in [1.807, 2.05) is 54.3 Å². The van der Waals surface area contributed by atoms with Gasteiger partial charge in [-0.25, -0.2) is 8.42 Å². The average molecular weight is 411 g/mol. The fourth-order valence-corrected chi connectivity index (χ4v) is 4.93. The summed E-state index contributed by atoms with van der Waals surface area (Å²) in [6.45, 7) is 5.80. The molecule has 152 valence electrons. The smallest absolute Gasteiger partial charge is 0.236 e. The minimum Gasteiger partial charge on any atom is -0.419 e. The van der Waals surface area contributed by atoms with E-state index in [0.717, 1.165) is 43.5 Å². The SMILES string of the molecule is CCc1ccc(S(=O)(=O)c2nc(-c3ccccc3)oc2N2CCC(C)CC2)cc1. The third-order valence-electron chi connectivity index (χ3n) is 5.57. The molecule has 2 aromatic carbocycles. The Morgan fingerprint density at radius 3 is 2.31 bits per heavy atom. The van der Waals surface area contributed by atoms with Gasteiger partial charge in [0, 0.05) is 18.7 Å². The number of benzene rings is 2. The van der Waals surface area contributed by atoms with E-state index in [9.17, 15) is 8.42 Å². The van der Waals surface area contributed by atoms with Crippen molar-refractivity contribution < 1.29 is 12.8 Å². The van der Waals surface area contributed by atoms with Crippen molar-refractivity contribution in [2.75, 3.05) is 18.0 Å². The molecular weight excluding hydrogens is 384 g/mol. The number of aryl methyl sites for hydroxylation is 1. The molecule has 5 nitrogen and oxygen atoms in total. The molecular formula is C23H26N2O3S. The van der Waals surface area contributed by atoms with Crippen LogP contribution in [0.2, 0.25) is 0 Å². The summed E-state index contributed by atoms with van der Waals surface area (Å²) in [6, 6.07) is 16.5. The van der Waals surface area contributed by atoms with Crippen LogP contribution in [0.5, 0.6) is 0 Å². The van der Waals surface area contributed by atoms with Crippen LogP contribution >= 0.6 is 0 Å². The van der Waals surface area contributed by atoms with Crippen LogP contribution in [-0.2, 0) is 16.3 Å². The molecule has 0 spiro atoms. The zero-order valence-electron chi connectivity index (χ0n) is 16.8. The maximum atomic E-state index is 13.5. The molecule has 0 N–H and O–H groups in total. The van der Waals surface area contributed by atoms with Gasteiger partial charge in [0.25, 0.3) is 0 Å². The summed E-state index contributed by atoms with van der Waals surface area (Å²) in [5.74, 6) is 1.32. The van der Waals surface area contributed by atoms with Crippen LogP contribution in [0.3, 0.4) is 0 Å². The van der Waals surface area contributed by atoms with Crippen LogP contribution in [0.1, 0.15) is 32.3 Å². The van der Waals surface area contributed by atoms with Crippen molar-refractivity contribution in [2.45, 2.75) is 43.0 Å². The highest BCUT2D eigenvalue weighted by Crippen LogP contribution is 2.36. The lowest BCUT2D eigenvalue weighted by molar-refractivity contribution is 0.415. The first-order chi connectivity index (χ1) is 14.0. The number of nitrogens with zero attached hydrogens (tertiary/aromatic N) is 2. The summed E-state index contributed by atoms with van der Waals surface area (Å²) in [4.78, 5) is 6.73. The van der Waals surface area contributed by atoms with Crippen molar-refractivity contribution in [3.63, 3.8) is 0 Å². The monoisotopic (exact) mass is 410 g/mol. The number of oxazole rings is 1. The van der Waals surface area contributed by atoms with Gasteiger partial charge in [-0.05, 0) is 55.0 Å². The molecule has 0 aliphatic carbocycles. The minimum atomic E-state index is -3.79. The van der Waals surface area contributed by atoms with Gasteiger partial charge in [0.1, 0.15) is 0 Å². The summed E-state index contributed by atoms with van der Waals surface area (Å²) >= 11 is 0. The fourth-order valence-electron chi connectivity index (χ4n) is 3.60. The van der Waals surface area contributed by atoms with Crippen LogP contribution in [-0.4, -0.2) is 26.5 Å². The van der Waals surface area contributed by atoms with Crippen LogP contribution in [0, 0.1) is 5.92 Å². The Kier molecular flexibility index (Phi) is 5.46. The van der Waals surface area contributed by atoms with Gasteiger partial charge in [0.15, 0.2) is 0 Å². The van der Waals surface area contributed by atoms with Crippen molar-refractivity contribution in [3.05, 3.63) is 60.2 Å². The van der Waals surface area contributed by atoms with E-state index < -0.39 is 9.84 Å². The third-order valence-corrected chi connectivity index (χ3v) is 7.24. The molecule has 1 aromatic heterocycles. The number of anilines is 1. The van der Waals surface area contributed by atoms with Crippen molar-refractivity contribution in [3.8, 4) is 11.5 Å². The Balaban J connectivity index is 1.80. The lowest BCUT2D eigenvalue weighted by Gasteiger charge is -2.30. The Morgan fingerprint density at radius 2 is 1.69 bits per heavy atom. The summed E-state index contributed by atoms with van der Waals surface area (Å²) in [7, 11) is -3.79. The largest absolute Gasteiger partial charge is 0.419 e. The van der Waals surface area contributed by atoms with Crippen LogP contribution in [0.15, 0.2) is 68.9 Å². The molecule has 2 heterocycles. The molecule has 29 heavy (non-hydrogen) atoms. The third kappa shape index (κ3) is 3.94. The van der Waals surface area contributed by atoms with Gasteiger partial charge in [-0.2, -0.15) is 4.98 Å². The average Bonchev–Trinajstić information content (AvgIpc) is 3.21. The molecule has 6 heteroatoms. The van der Waals surface area contributed by atoms with E-state index in [1.165, 1.54) is 0 Å². The van der Waals surface area contributed by atoms with E-state index in [4.69, 9.17) is 4.42 Å². The molecule has 0 radical (unpaired) electrons. The maximum absolute atomic E-state index is 13.5. The van der Waals surface area contributed by atoms with E-state index >= 15 is 0 Å². The van der Waals surface area contributed by atoms with Gasteiger partial charge >= 0.3 is 0 Å². The summed E-state index contributed by atoms with van der Waals surface area (Å²) in [5.41, 5.74) is 1.86. The van der Waals surface area contributed by atoms with Crippen molar-refractivity contribution >= 4 is 15.7 Å². The van der Waals surface area contributed by atoms with Crippen LogP contribution in [0.25, 0.3) is 11.5 Å². The molecule has 0 unspecified atom stereocenters. The van der Waals surface area contributed by atoms with Crippen molar-refractivity contribution in [2.24, 2.45) is 5.92 Å². The Labute approximate surface area is 172 Å². The van der Waals surface area contributed by atoms with Crippen LogP contribution in [0.4, 0.5) is 5.88 Å². The fraction of sp³-hybridized carbons (Fsp3) is 0.348. The molecule has 0 bridgehead atoms. The van der Waals surface area contributed by atoms with Crippen molar-refractivity contribution in [1.29, 1.82) is 0 Å². The van der Waals surface area contributed by atoms with E-state index in [0.29, 0.717) is 17.7 Å². The predicted octanol–water partition coefficient (Wildman–Crippen LogP) is 4.97. The number of aromatic nitrogens is 1. The molecule has 4 rings (SSSR count). The number of hydrogen-bond donors (Lipinski definition) is 0. The summed E-state index contributed by atoms with van der Waals surface area (Å²) in [6.07, 6.45) is 2.87. The predicted molar refractivity (Wildman–Crippen MR) is 114 cm³/mol. The molecule has 1 aliphatic heterocycles. The Hall–Kier alpha value is -2.60. The second-order valence-electron chi connectivity index (χ2n) is 7.67. The molecule has 1 aliphatic rings. The van der Waals surface area contributed by atoms with E-state index in [1.54, 1.807) is 12.1 Å². The van der Waals surface area contributed by atoms with Gasteiger partial charge in [0.05, 0.1) is 4.90 Å². The maximum Gasteiger partial charge on any atom is 0.236 e.